The van der Waals surface area contributed by atoms with Gasteiger partial charge in [-0.3, -0.25) is 0 Å². The van der Waals surface area contributed by atoms with Crippen LogP contribution in [-0.2, 0) is 7.05 Å². The summed E-state index contributed by atoms with van der Waals surface area (Å²) < 4.78 is 69.9. The quantitative estimate of drug-likeness (QED) is 0.667. The summed E-state index contributed by atoms with van der Waals surface area (Å²) in [7, 11) is 1.55. The molecule has 0 aliphatic heterocycles. The fraction of sp³-hybridized carbons (Fsp3) is 0.312. The molecular weight excluding hydrogens is 206 g/mol. The fourth-order valence-corrected chi connectivity index (χ4v) is 1.87. The molecule has 0 fully saturated rings. The highest BCUT2D eigenvalue weighted by Gasteiger charge is 2.14. The van der Waals surface area contributed by atoms with Crippen molar-refractivity contribution in [3.05, 3.63) is 52.7 Å². The Morgan fingerprint density at radius 1 is 1.00 bits per heavy atom. The SMILES string of the molecule is [2H]C([2H])([2H])c1ccc(-c2cc(C([2H])([2H])[2H])cc(C([2H])([2H])[2H])[n+]2C)c(C)c1. The van der Waals surface area contributed by atoms with E-state index in [1.54, 1.807) is 20.0 Å². The summed E-state index contributed by atoms with van der Waals surface area (Å²) in [4.78, 5) is 0. The van der Waals surface area contributed by atoms with Crippen LogP contribution < -0.4 is 4.57 Å². The van der Waals surface area contributed by atoms with E-state index in [0.717, 1.165) is 0 Å². The van der Waals surface area contributed by atoms with Crippen LogP contribution in [0.15, 0.2) is 30.3 Å². The second kappa shape index (κ2) is 4.33. The van der Waals surface area contributed by atoms with Crippen LogP contribution in [-0.4, -0.2) is 0 Å². The molecule has 0 saturated carbocycles. The molecule has 17 heavy (non-hydrogen) atoms. The van der Waals surface area contributed by atoms with Gasteiger partial charge in [0, 0.05) is 36.9 Å². The lowest BCUT2D eigenvalue weighted by Crippen LogP contribution is -2.35. The molecule has 1 heteroatoms. The molecule has 0 spiro atoms. The molecule has 0 unspecified atom stereocenters. The molecule has 1 aromatic carbocycles. The van der Waals surface area contributed by atoms with Crippen LogP contribution in [0.25, 0.3) is 11.3 Å². The summed E-state index contributed by atoms with van der Waals surface area (Å²) in [6, 6.07) is 7.15. The van der Waals surface area contributed by atoms with Crippen molar-refractivity contribution < 1.29 is 16.9 Å². The van der Waals surface area contributed by atoms with Crippen molar-refractivity contribution >= 4 is 0 Å². The van der Waals surface area contributed by atoms with E-state index in [-0.39, 0.29) is 16.8 Å². The van der Waals surface area contributed by atoms with Crippen LogP contribution >= 0.6 is 0 Å². The van der Waals surface area contributed by atoms with Gasteiger partial charge in [-0.25, -0.2) is 0 Å². The molecule has 2 rings (SSSR count). The summed E-state index contributed by atoms with van der Waals surface area (Å²) in [6.45, 7) is -5.50. The van der Waals surface area contributed by atoms with E-state index in [0.29, 0.717) is 16.8 Å². The Hall–Kier alpha value is -1.63. The van der Waals surface area contributed by atoms with E-state index in [2.05, 4.69) is 0 Å². The number of aromatic nitrogens is 1. The number of hydrogen-bond acceptors (Lipinski definition) is 0. The van der Waals surface area contributed by atoms with Gasteiger partial charge in [0.15, 0.2) is 5.69 Å². The average Bonchev–Trinajstić information content (AvgIpc) is 2.44. The van der Waals surface area contributed by atoms with Crippen molar-refractivity contribution in [3.8, 4) is 11.3 Å². The van der Waals surface area contributed by atoms with Gasteiger partial charge in [0.1, 0.15) is 7.05 Å². The predicted octanol–water partition coefficient (Wildman–Crippen LogP) is 3.41. The lowest BCUT2D eigenvalue weighted by Gasteiger charge is -2.08. The summed E-state index contributed by atoms with van der Waals surface area (Å²) in [6.07, 6.45) is 0. The predicted molar refractivity (Wildman–Crippen MR) is 72.0 cm³/mol. The summed E-state index contributed by atoms with van der Waals surface area (Å²) >= 11 is 0. The Kier molecular flexibility index (Phi) is 1.25. The van der Waals surface area contributed by atoms with Crippen molar-refractivity contribution in [3.63, 3.8) is 0 Å². The zero-order chi connectivity index (χ0) is 20.1. The number of rotatable bonds is 1. The molecule has 0 bridgehead atoms. The molecule has 0 radical (unpaired) electrons. The van der Waals surface area contributed by atoms with Crippen molar-refractivity contribution in [1.29, 1.82) is 0 Å². The molecule has 0 aliphatic carbocycles. The minimum absolute atomic E-state index is 0.0731. The molecule has 0 N–H and O–H groups in total. The van der Waals surface area contributed by atoms with Crippen molar-refractivity contribution in [2.24, 2.45) is 7.05 Å². The third kappa shape index (κ3) is 2.23. The third-order valence-corrected chi connectivity index (χ3v) is 2.81. The molecule has 88 valence electrons. The van der Waals surface area contributed by atoms with E-state index < -0.39 is 20.6 Å². The molecule has 1 aromatic heterocycles. The standard InChI is InChI=1S/C16H20N/c1-11-6-7-15(13(3)8-11)16-10-12(2)9-14(4)17(16)5/h6-10H,1-5H3/q+1/i1D3,2D3,4D3. The first kappa shape index (κ1) is 4.93. The molecular formula is C16H20N+. The number of pyridine rings is 1. The first-order chi connectivity index (χ1) is 11.6. The number of nitrogens with zero attached hydrogens (tertiary/aromatic N) is 1. The molecule has 2 aromatic rings. The smallest absolute Gasteiger partial charge is 0.199 e. The largest absolute Gasteiger partial charge is 0.212 e. The molecule has 1 nitrogen and oxygen atoms in total. The highest BCUT2D eigenvalue weighted by atomic mass is 14.9. The average molecular weight is 235 g/mol. The Labute approximate surface area is 116 Å². The fourth-order valence-electron chi connectivity index (χ4n) is 1.87. The maximum Gasteiger partial charge on any atom is 0.212 e. The molecule has 0 aliphatic rings. The van der Waals surface area contributed by atoms with Gasteiger partial charge in [0.25, 0.3) is 0 Å². The van der Waals surface area contributed by atoms with Gasteiger partial charge in [-0.15, -0.1) is 0 Å². The second-order valence-corrected chi connectivity index (χ2v) is 4.10. The highest BCUT2D eigenvalue weighted by molar-refractivity contribution is 5.62. The number of hydrogen-bond donors (Lipinski definition) is 0. The summed E-state index contributed by atoms with van der Waals surface area (Å²) in [5.74, 6) is 0. The van der Waals surface area contributed by atoms with Crippen molar-refractivity contribution in [2.45, 2.75) is 27.5 Å². The van der Waals surface area contributed by atoms with Crippen LogP contribution in [0.1, 0.15) is 34.7 Å². The maximum absolute atomic E-state index is 7.70. The normalized spacial score (nSPS) is 20.7. The van der Waals surface area contributed by atoms with Crippen LogP contribution in [0.4, 0.5) is 0 Å². The lowest BCUT2D eigenvalue weighted by molar-refractivity contribution is -0.666. The lowest BCUT2D eigenvalue weighted by atomic mass is 10.0. The van der Waals surface area contributed by atoms with E-state index in [4.69, 9.17) is 12.3 Å². The van der Waals surface area contributed by atoms with Crippen molar-refractivity contribution in [2.75, 3.05) is 0 Å². The zero-order valence-corrected chi connectivity index (χ0v) is 9.83. The second-order valence-electron chi connectivity index (χ2n) is 4.10. The monoisotopic (exact) mass is 235 g/mol. The first-order valence-electron chi connectivity index (χ1n) is 9.79. The third-order valence-electron chi connectivity index (χ3n) is 2.81. The van der Waals surface area contributed by atoms with Gasteiger partial charge in [0.2, 0.25) is 5.69 Å². The van der Waals surface area contributed by atoms with Gasteiger partial charge >= 0.3 is 0 Å². The first-order valence-corrected chi connectivity index (χ1v) is 5.29. The topological polar surface area (TPSA) is 3.88 Å². The summed E-state index contributed by atoms with van der Waals surface area (Å²) in [5, 5.41) is 0. The van der Waals surface area contributed by atoms with E-state index in [1.807, 2.05) is 0 Å². The molecule has 0 saturated heterocycles. The van der Waals surface area contributed by atoms with E-state index >= 15 is 0 Å². The van der Waals surface area contributed by atoms with Crippen LogP contribution in [0.3, 0.4) is 0 Å². The Morgan fingerprint density at radius 2 is 1.82 bits per heavy atom. The molecule has 0 amide bonds. The maximum atomic E-state index is 7.70. The van der Waals surface area contributed by atoms with Crippen LogP contribution in [0, 0.1) is 27.5 Å². The zero-order valence-electron chi connectivity index (χ0n) is 18.8. The number of aryl methyl sites for hydroxylation is 4. The van der Waals surface area contributed by atoms with Gasteiger partial charge < -0.3 is 0 Å². The van der Waals surface area contributed by atoms with Gasteiger partial charge in [-0.05, 0) is 37.8 Å². The summed E-state index contributed by atoms with van der Waals surface area (Å²) in [5.41, 5.74) is 1.60. The van der Waals surface area contributed by atoms with Gasteiger partial charge in [0.05, 0.1) is 0 Å². The molecule has 0 atom stereocenters. The minimum atomic E-state index is -2.49. The Morgan fingerprint density at radius 3 is 2.47 bits per heavy atom. The van der Waals surface area contributed by atoms with E-state index in [9.17, 15) is 0 Å². The van der Waals surface area contributed by atoms with Crippen molar-refractivity contribution in [1.82, 2.24) is 0 Å². The Balaban J connectivity index is 2.77. The van der Waals surface area contributed by atoms with Crippen LogP contribution in [0.2, 0.25) is 0 Å². The van der Waals surface area contributed by atoms with Crippen LogP contribution in [0.5, 0.6) is 0 Å². The number of benzene rings is 1. The van der Waals surface area contributed by atoms with Gasteiger partial charge in [-0.1, -0.05) is 17.7 Å². The molecule has 1 heterocycles. The minimum Gasteiger partial charge on any atom is -0.199 e. The van der Waals surface area contributed by atoms with Gasteiger partial charge in [-0.2, -0.15) is 4.57 Å². The van der Waals surface area contributed by atoms with E-state index in [1.165, 1.54) is 28.8 Å². The Bertz CT molecular complexity index is 829. The highest BCUT2D eigenvalue weighted by Crippen LogP contribution is 2.22.